The third kappa shape index (κ3) is 4.50. The molecular formula is C25H26N4O3S. The lowest BCUT2D eigenvalue weighted by molar-refractivity contribution is 0.0730. The number of pyridine rings is 1. The number of rotatable bonds is 7. The van der Waals surface area contributed by atoms with Crippen LogP contribution in [0.2, 0.25) is 0 Å². The van der Waals surface area contributed by atoms with Crippen LogP contribution in [-0.2, 0) is 14.8 Å². The highest BCUT2D eigenvalue weighted by molar-refractivity contribution is 7.89. The van der Waals surface area contributed by atoms with Crippen molar-refractivity contribution in [2.24, 2.45) is 0 Å². The van der Waals surface area contributed by atoms with Crippen LogP contribution in [0.4, 0.5) is 5.82 Å². The number of fused-ring (bicyclic) bond motifs is 1. The average Bonchev–Trinajstić information content (AvgIpc) is 3.30. The van der Waals surface area contributed by atoms with Gasteiger partial charge in [-0.05, 0) is 29.3 Å². The van der Waals surface area contributed by atoms with E-state index in [9.17, 15) is 8.42 Å². The monoisotopic (exact) mass is 462 g/mol. The summed E-state index contributed by atoms with van der Waals surface area (Å²) in [6.45, 7) is 2.19. The van der Waals surface area contributed by atoms with E-state index in [-0.39, 0.29) is 10.8 Å². The number of aromatic amines is 1. The minimum atomic E-state index is -3.55. The lowest BCUT2D eigenvalue weighted by Crippen LogP contribution is -2.40. The lowest BCUT2D eigenvalue weighted by atomic mass is 9.91. The Morgan fingerprint density at radius 1 is 1.00 bits per heavy atom. The summed E-state index contributed by atoms with van der Waals surface area (Å²) in [5.74, 6) is 0.734. The Hall–Kier alpha value is -3.20. The number of nitrogens with one attached hydrogen (secondary N) is 2. The zero-order valence-corrected chi connectivity index (χ0v) is 19.0. The van der Waals surface area contributed by atoms with Gasteiger partial charge < -0.3 is 15.0 Å². The number of hydrogen-bond donors (Lipinski definition) is 2. The molecule has 1 saturated heterocycles. The molecule has 1 fully saturated rings. The number of para-hydroxylation sites is 1. The van der Waals surface area contributed by atoms with E-state index < -0.39 is 10.0 Å². The van der Waals surface area contributed by atoms with Crippen molar-refractivity contribution in [2.45, 2.75) is 10.8 Å². The molecule has 1 atom stereocenters. The summed E-state index contributed by atoms with van der Waals surface area (Å²) in [6.07, 6.45) is 3.49. The van der Waals surface area contributed by atoms with E-state index in [0.717, 1.165) is 5.52 Å². The summed E-state index contributed by atoms with van der Waals surface area (Å²) >= 11 is 0. The molecule has 0 spiro atoms. The maximum atomic E-state index is 12.8. The number of benzene rings is 2. The van der Waals surface area contributed by atoms with Crippen LogP contribution in [0.25, 0.3) is 10.9 Å². The number of ether oxygens (including phenoxy) is 1. The van der Waals surface area contributed by atoms with Gasteiger partial charge in [0, 0.05) is 48.8 Å². The molecule has 170 valence electrons. The summed E-state index contributed by atoms with van der Waals surface area (Å²) in [7, 11) is -3.55. The van der Waals surface area contributed by atoms with E-state index in [4.69, 9.17) is 4.74 Å². The van der Waals surface area contributed by atoms with E-state index in [1.165, 1.54) is 27.0 Å². The minimum Gasteiger partial charge on any atom is -0.379 e. The zero-order valence-electron chi connectivity index (χ0n) is 18.1. The first-order chi connectivity index (χ1) is 16.1. The summed E-state index contributed by atoms with van der Waals surface area (Å²) < 4.78 is 32.4. The largest absolute Gasteiger partial charge is 0.379 e. The van der Waals surface area contributed by atoms with Crippen LogP contribution in [0.3, 0.4) is 0 Å². The molecule has 0 aliphatic carbocycles. The van der Waals surface area contributed by atoms with Crippen molar-refractivity contribution in [3.63, 3.8) is 0 Å². The number of nitrogens with zero attached hydrogens (tertiary/aromatic N) is 2. The van der Waals surface area contributed by atoms with Crippen LogP contribution >= 0.6 is 0 Å². The molecule has 1 aliphatic rings. The maximum absolute atomic E-state index is 12.8. The summed E-state index contributed by atoms with van der Waals surface area (Å²) in [5, 5.41) is 4.59. The highest BCUT2D eigenvalue weighted by Gasteiger charge is 2.26. The Morgan fingerprint density at radius 3 is 2.52 bits per heavy atom. The van der Waals surface area contributed by atoms with Crippen molar-refractivity contribution < 1.29 is 13.2 Å². The average molecular weight is 463 g/mol. The van der Waals surface area contributed by atoms with Gasteiger partial charge in [-0.25, -0.2) is 13.4 Å². The molecule has 0 unspecified atom stereocenters. The van der Waals surface area contributed by atoms with E-state index in [1.54, 1.807) is 12.1 Å². The van der Waals surface area contributed by atoms with Crippen LogP contribution in [0.1, 0.15) is 17.0 Å². The topological polar surface area (TPSA) is 87.3 Å². The zero-order chi connectivity index (χ0) is 22.7. The Labute approximate surface area is 193 Å². The third-order valence-electron chi connectivity index (χ3n) is 6.03. The van der Waals surface area contributed by atoms with Crippen LogP contribution in [0.15, 0.2) is 84.0 Å². The van der Waals surface area contributed by atoms with Gasteiger partial charge in [0.05, 0.1) is 13.2 Å². The normalized spacial score (nSPS) is 16.0. The molecule has 33 heavy (non-hydrogen) atoms. The quantitative estimate of drug-likeness (QED) is 0.436. The fourth-order valence-electron chi connectivity index (χ4n) is 4.26. The van der Waals surface area contributed by atoms with Gasteiger partial charge in [0.2, 0.25) is 10.0 Å². The van der Waals surface area contributed by atoms with Crippen molar-refractivity contribution >= 4 is 26.7 Å². The van der Waals surface area contributed by atoms with E-state index in [0.29, 0.717) is 38.7 Å². The molecule has 5 rings (SSSR count). The molecule has 7 nitrogen and oxygen atoms in total. The molecule has 4 aromatic rings. The Balaban J connectivity index is 1.37. The summed E-state index contributed by atoms with van der Waals surface area (Å²) in [5.41, 5.74) is 3.50. The van der Waals surface area contributed by atoms with Crippen LogP contribution in [-0.4, -0.2) is 55.5 Å². The van der Waals surface area contributed by atoms with Gasteiger partial charge >= 0.3 is 0 Å². The first kappa shape index (κ1) is 21.6. The second-order valence-corrected chi connectivity index (χ2v) is 9.97. The Morgan fingerprint density at radius 2 is 1.76 bits per heavy atom. The second-order valence-electron chi connectivity index (χ2n) is 8.03. The van der Waals surface area contributed by atoms with E-state index >= 15 is 0 Å². The number of aromatic nitrogens is 2. The van der Waals surface area contributed by atoms with Crippen molar-refractivity contribution in [1.82, 2.24) is 14.3 Å². The van der Waals surface area contributed by atoms with Crippen LogP contribution in [0, 0.1) is 0 Å². The van der Waals surface area contributed by atoms with Crippen molar-refractivity contribution in [2.75, 3.05) is 38.2 Å². The molecule has 2 aromatic carbocycles. The maximum Gasteiger partial charge on any atom is 0.244 e. The molecular weight excluding hydrogens is 436 g/mol. The number of hydrogen-bond acceptors (Lipinski definition) is 5. The fraction of sp³-hybridized carbons (Fsp3) is 0.240. The molecule has 2 N–H and O–H groups in total. The molecule has 0 saturated carbocycles. The standard InChI is InChI=1S/C25H26N4O3S/c30-33(31,29-12-14-32-15-13-29)20-10-11-25(27-16-20)28-17-22(19-6-2-1-3-7-19)23-18-26-24-9-5-4-8-21(23)24/h1-11,16,18,22,26H,12-15,17H2,(H,27,28)/t22-/m0/s1. The number of morpholine rings is 1. The van der Waals surface area contributed by atoms with Gasteiger partial charge in [-0.3, -0.25) is 0 Å². The number of H-pyrrole nitrogens is 1. The Kier molecular flexibility index (Phi) is 6.13. The molecule has 3 heterocycles. The molecule has 0 amide bonds. The van der Waals surface area contributed by atoms with Gasteiger partial charge in [-0.2, -0.15) is 4.31 Å². The van der Waals surface area contributed by atoms with Gasteiger partial charge in [0.15, 0.2) is 0 Å². The number of anilines is 1. The highest BCUT2D eigenvalue weighted by atomic mass is 32.2. The first-order valence-electron chi connectivity index (χ1n) is 11.0. The van der Waals surface area contributed by atoms with Crippen molar-refractivity contribution in [3.05, 3.63) is 90.3 Å². The van der Waals surface area contributed by atoms with E-state index in [2.05, 4.69) is 45.7 Å². The summed E-state index contributed by atoms with van der Waals surface area (Å²) in [4.78, 5) is 7.96. The van der Waals surface area contributed by atoms with Crippen LogP contribution < -0.4 is 5.32 Å². The predicted octanol–water partition coefficient (Wildman–Crippen LogP) is 3.83. The predicted molar refractivity (Wildman–Crippen MR) is 129 cm³/mol. The van der Waals surface area contributed by atoms with Crippen LogP contribution in [0.5, 0.6) is 0 Å². The first-order valence-corrected chi connectivity index (χ1v) is 12.5. The molecule has 0 radical (unpaired) electrons. The number of sulfonamides is 1. The van der Waals surface area contributed by atoms with Gasteiger partial charge in [-0.15, -0.1) is 0 Å². The lowest BCUT2D eigenvalue weighted by Gasteiger charge is -2.26. The molecule has 0 bridgehead atoms. The fourth-order valence-corrected chi connectivity index (χ4v) is 5.61. The highest BCUT2D eigenvalue weighted by Crippen LogP contribution is 2.31. The molecule has 1 aliphatic heterocycles. The van der Waals surface area contributed by atoms with Gasteiger partial charge in [0.25, 0.3) is 0 Å². The molecule has 2 aromatic heterocycles. The summed E-state index contributed by atoms with van der Waals surface area (Å²) in [6, 6.07) is 22.0. The van der Waals surface area contributed by atoms with E-state index in [1.807, 2.05) is 30.3 Å². The SMILES string of the molecule is O=S(=O)(c1ccc(NC[C@@H](c2ccccc2)c2c[nH]c3ccccc23)nc1)N1CCOCC1. The third-order valence-corrected chi connectivity index (χ3v) is 7.91. The molecule has 8 heteroatoms. The van der Waals surface area contributed by atoms with Crippen molar-refractivity contribution in [1.29, 1.82) is 0 Å². The smallest absolute Gasteiger partial charge is 0.244 e. The van der Waals surface area contributed by atoms with Gasteiger partial charge in [-0.1, -0.05) is 48.5 Å². The Bertz CT molecular complexity index is 1310. The van der Waals surface area contributed by atoms with Crippen molar-refractivity contribution in [3.8, 4) is 0 Å². The van der Waals surface area contributed by atoms with Gasteiger partial charge in [0.1, 0.15) is 10.7 Å². The minimum absolute atomic E-state index is 0.0981. The second kappa shape index (κ2) is 9.35.